The minimum Gasteiger partial charge on any atom is -0.444 e. The van der Waals surface area contributed by atoms with E-state index in [1.165, 1.54) is 65.3 Å². The van der Waals surface area contributed by atoms with E-state index >= 15 is 0 Å². The lowest BCUT2D eigenvalue weighted by molar-refractivity contribution is 0.0122. The lowest BCUT2D eigenvalue weighted by Crippen LogP contribution is -2.47. The van der Waals surface area contributed by atoms with Crippen molar-refractivity contribution in [1.82, 2.24) is 74.2 Å². The maximum absolute atomic E-state index is 13.9. The average molecular weight is 2380 g/mol. The van der Waals surface area contributed by atoms with Gasteiger partial charge in [0.1, 0.15) is 57.3 Å². The lowest BCUT2D eigenvalue weighted by Gasteiger charge is -2.40. The third kappa shape index (κ3) is 33.8. The van der Waals surface area contributed by atoms with E-state index in [2.05, 4.69) is 206 Å². The molecule has 10 aromatic rings. The first-order chi connectivity index (χ1) is 68.2. The second-order valence-electron chi connectivity index (χ2n) is 46.3. The summed E-state index contributed by atoms with van der Waals surface area (Å²) in [6, 6.07) is 36.4. The Morgan fingerprint density at radius 3 is 1.08 bits per heavy atom. The fourth-order valence-electron chi connectivity index (χ4n) is 15.2. The number of amides is 4. The van der Waals surface area contributed by atoms with E-state index in [0.29, 0.717) is 135 Å². The van der Waals surface area contributed by atoms with Gasteiger partial charge in [0, 0.05) is 61.5 Å². The van der Waals surface area contributed by atoms with E-state index in [1.54, 1.807) is 67.9 Å². The fraction of sp³-hybridized carbons (Fsp3) is 0.545. The predicted octanol–water partition coefficient (Wildman–Crippen LogP) is 28.0. The number of carbonyl (C=O) groups excluding carboxylic acids is 4. The standard InChI is InChI=1S/C25H35FN4O3Si.C24H35FIN3O3Si.C24H36FN3O3Si.C19H28FN3OSi.C13H12FN3O2.CH3F.CH3I.3CH4/c1-24(2,3)33-23(31)29-14-19(16-32-34(8,9)25(4,5)6)30-20(15-29)22(27-7)21(28-30)17-11-10-12-18(26)13-17;1-23(2,3)32-22(30)28-13-18(15-31-33(7,8)24(4,5)6)29-19(14-28)20(26)21(27-29)16-10-9-11-17(25)12-16;1-23(2,3)31-22(29)27-14-19-13-21(17-10-9-11-18(25)12-17)26-28(19)20(15-27)16-30-32(7,8)24(4,5)6;1-19(2,3)25(4,5)24-13-17-12-21-11-16-10-18(22-23(16)17)14-7-6-8-15(20)9-14;14-9-3-1-2-8(4-9)11-5-12-13(19)15-6-10(7-18)17(12)16-11;2*1-2;;;/h10-13,19H,14-16H2,1-6,8-9H3;9-12,18H,13-15H2,1-8H3;9-13,20H,14-16H2,1-8H3;6-10,17,21H,11-13H2,1-5H3;1-5,10,18H,6-7H2,(H,15,19);2*1H3;3*1H4. The molecule has 0 bridgehead atoms. The lowest BCUT2D eigenvalue weighted by atomic mass is 10.1. The van der Waals surface area contributed by atoms with Crippen LogP contribution < -0.4 is 10.6 Å². The van der Waals surface area contributed by atoms with Crippen molar-refractivity contribution in [3.05, 3.63) is 212 Å². The number of rotatable bonds is 18. The highest BCUT2D eigenvalue weighted by Crippen LogP contribution is 2.46. The summed E-state index contributed by atoms with van der Waals surface area (Å²) in [5.41, 5.74) is 8.93. The van der Waals surface area contributed by atoms with Gasteiger partial charge >= 0.3 is 18.3 Å². The van der Waals surface area contributed by atoms with Crippen LogP contribution in [0.1, 0.15) is 231 Å². The van der Waals surface area contributed by atoms with Crippen LogP contribution in [-0.4, -0.2) is 221 Å². The zero-order valence-corrected chi connectivity index (χ0v) is 99.6. The van der Waals surface area contributed by atoms with Gasteiger partial charge in [-0.2, -0.15) is 25.5 Å². The summed E-state index contributed by atoms with van der Waals surface area (Å²) >= 11 is 4.40. The number of benzene rings is 5. The number of alkyl halides is 2. The highest BCUT2D eigenvalue weighted by atomic mass is 127. The normalized spacial score (nSPS) is 16.6. The van der Waals surface area contributed by atoms with Crippen molar-refractivity contribution in [3.63, 3.8) is 0 Å². The minimum atomic E-state index is -2.07. The van der Waals surface area contributed by atoms with Crippen LogP contribution in [0.15, 0.2) is 140 Å². The summed E-state index contributed by atoms with van der Waals surface area (Å²) < 4.78 is 131. The Labute approximate surface area is 917 Å². The molecule has 40 heteroatoms. The van der Waals surface area contributed by atoms with Crippen molar-refractivity contribution in [2.75, 3.05) is 77.9 Å². The summed E-state index contributed by atoms with van der Waals surface area (Å²) in [5.74, 6) is -1.83. The molecule has 10 heterocycles. The Bertz CT molecular complexity index is 6220. The van der Waals surface area contributed by atoms with Crippen LogP contribution in [0.2, 0.25) is 72.5 Å². The largest absolute Gasteiger partial charge is 0.444 e. The molecule has 5 aromatic heterocycles. The van der Waals surface area contributed by atoms with Gasteiger partial charge in [-0.05, 0) is 247 Å². The summed E-state index contributed by atoms with van der Waals surface area (Å²) in [7, 11) is -7.35. The van der Waals surface area contributed by atoms with Gasteiger partial charge in [-0.15, -0.1) is 0 Å². The number of nitrogens with zero attached hydrogens (tertiary/aromatic N) is 14. The molecule has 15 rings (SSSR count). The minimum absolute atomic E-state index is 0. The van der Waals surface area contributed by atoms with Crippen molar-refractivity contribution in [3.8, 4) is 56.3 Å². The van der Waals surface area contributed by atoms with Crippen LogP contribution in [0.3, 0.4) is 0 Å². The number of halogens is 8. The number of aromatic nitrogens is 10. The van der Waals surface area contributed by atoms with E-state index in [1.807, 2.05) is 107 Å². The van der Waals surface area contributed by atoms with Gasteiger partial charge in [-0.25, -0.2) is 41.2 Å². The number of nitrogens with one attached hydrogen (secondary N) is 2. The van der Waals surface area contributed by atoms with Crippen LogP contribution in [0, 0.1) is 39.2 Å². The predicted molar refractivity (Wildman–Crippen MR) is 613 cm³/mol. The monoisotopic (exact) mass is 2380 g/mol. The zero-order valence-electron chi connectivity index (χ0n) is 91.3. The number of carbonyl (C=O) groups is 4. The smallest absolute Gasteiger partial charge is 0.410 e. The highest BCUT2D eigenvalue weighted by molar-refractivity contribution is 14.1. The fourth-order valence-corrected chi connectivity index (χ4v) is 20.2. The van der Waals surface area contributed by atoms with Gasteiger partial charge in [-0.1, -0.05) is 189 Å². The van der Waals surface area contributed by atoms with E-state index in [0.717, 1.165) is 45.0 Å². The first-order valence-corrected chi connectivity index (χ1v) is 64.3. The Kier molecular flexibility index (Phi) is 45.4. The third-order valence-electron chi connectivity index (χ3n) is 27.4. The third-order valence-corrected chi connectivity index (χ3v) is 46.5. The molecule has 0 saturated carbocycles. The molecule has 5 aromatic carbocycles. The molecule has 5 aliphatic heterocycles. The Morgan fingerprint density at radius 1 is 0.413 bits per heavy atom. The first kappa shape index (κ1) is 129. The first-order valence-electron chi connectivity index (χ1n) is 49.4. The highest BCUT2D eigenvalue weighted by Gasteiger charge is 2.46. The molecular weight excluding hydrogens is 2220 g/mol. The summed E-state index contributed by atoms with van der Waals surface area (Å²) in [6.07, 6.45) is -1.15. The molecule has 5 unspecified atom stereocenters. The van der Waals surface area contributed by atoms with Gasteiger partial charge in [-0.3, -0.25) is 32.6 Å². The number of aliphatic hydroxyl groups excluding tert-OH is 1. The van der Waals surface area contributed by atoms with Crippen molar-refractivity contribution in [2.24, 2.45) is 0 Å². The van der Waals surface area contributed by atoms with Gasteiger partial charge < -0.3 is 62.4 Å². The molecule has 0 fully saturated rings. The second-order valence-corrected chi connectivity index (χ2v) is 66.6. The van der Waals surface area contributed by atoms with Crippen molar-refractivity contribution in [1.29, 1.82) is 0 Å². The topological polar surface area (TPSA) is 280 Å². The maximum Gasteiger partial charge on any atom is 0.410 e. The van der Waals surface area contributed by atoms with Crippen LogP contribution in [0.25, 0.3) is 61.1 Å². The van der Waals surface area contributed by atoms with Crippen LogP contribution in [0.5, 0.6) is 0 Å². The Morgan fingerprint density at radius 2 is 0.720 bits per heavy atom. The SMILES string of the molecule is C.C.C.CC(C)(C)OC(=O)N1Cc2c(I)c(-c3cccc(F)c3)nn2C(CO[Si](C)(C)C(C)(C)C)C1.CC(C)(C)OC(=O)N1Cc2cc(-c3cccc(F)c3)nn2C(CO[Si](C)(C)C(C)(C)C)C1.CC(C)(C)[Si](C)(C)OCC1CNCc2cc(-c3cccc(F)c3)nn21.CF.CI.O=C1NCC(CO)n2nc(-c3cccc(F)c3)cc21.[C-]#[N+]c1c(-c2cccc(F)c2)nn2c1CN(C(=O)OC(C)(C)C)CC2CO[Si](C)(C)C(C)(C)C. The molecule has 0 aliphatic carbocycles. The molecule has 0 radical (unpaired) electrons. The van der Waals surface area contributed by atoms with Gasteiger partial charge in [0.25, 0.3) is 5.91 Å². The Balaban J connectivity index is 0.000000285. The van der Waals surface area contributed by atoms with E-state index in [-0.39, 0.29) is 127 Å². The average Bonchev–Trinajstić information content (AvgIpc) is 1.62. The number of hydrogen-bond donors (Lipinski definition) is 3. The van der Waals surface area contributed by atoms with Crippen LogP contribution >= 0.6 is 45.2 Å². The maximum atomic E-state index is 13.9. The number of aliphatic hydroxyl groups is 1. The van der Waals surface area contributed by atoms with Gasteiger partial charge in [0.15, 0.2) is 33.3 Å². The molecule has 28 nitrogen and oxygen atoms in total. The quantitative estimate of drug-likeness (QED) is 0.0180. The van der Waals surface area contributed by atoms with Crippen LogP contribution in [0.4, 0.5) is 46.4 Å². The number of ether oxygens (including phenoxy) is 3. The van der Waals surface area contributed by atoms with E-state index in [9.17, 15) is 50.6 Å². The van der Waals surface area contributed by atoms with Gasteiger partial charge in [0.2, 0.25) is 5.69 Å². The molecule has 3 N–H and O–H groups in total. The van der Waals surface area contributed by atoms with E-state index in [4.69, 9.17) is 58.9 Å². The molecule has 828 valence electrons. The second kappa shape index (κ2) is 52.7. The van der Waals surface area contributed by atoms with Crippen molar-refractivity contribution < 1.29 is 82.5 Å². The zero-order chi connectivity index (χ0) is 110. The number of fused-ring (bicyclic) bond motifs is 5. The molecule has 0 spiro atoms. The molecule has 5 aliphatic rings. The number of hydrogen-bond acceptors (Lipinski definition) is 18. The molecule has 0 saturated heterocycles. The summed E-state index contributed by atoms with van der Waals surface area (Å²) in [4.78, 5) is 61.2. The molecule has 4 amide bonds. The Hall–Kier alpha value is -9.41. The molecule has 5 atom stereocenters. The molecule has 150 heavy (non-hydrogen) atoms. The van der Waals surface area contributed by atoms with Crippen molar-refractivity contribution in [2.45, 2.75) is 313 Å². The summed E-state index contributed by atoms with van der Waals surface area (Å²) in [6.45, 7) is 74.6. The van der Waals surface area contributed by atoms with Gasteiger partial charge in [0.05, 0.1) is 146 Å². The van der Waals surface area contributed by atoms with E-state index < -0.39 is 62.0 Å². The molecular formula is C110H164F6I2N16O12Si4. The van der Waals surface area contributed by atoms with Crippen molar-refractivity contribution >= 4 is 108 Å². The summed E-state index contributed by atoms with van der Waals surface area (Å²) in [5, 5.41) is 39.2. The van der Waals surface area contributed by atoms with Crippen LogP contribution in [-0.2, 0) is 58.1 Å².